The molecule has 0 nitrogen and oxygen atoms in total. The molecule has 0 saturated carbocycles. The van der Waals surface area contributed by atoms with E-state index < -0.39 is 0 Å². The number of fused-ring (bicyclic) bond motifs is 4. The molecular formula is C22H22. The van der Waals surface area contributed by atoms with E-state index in [2.05, 4.69) is 82.3 Å². The van der Waals surface area contributed by atoms with E-state index >= 15 is 0 Å². The molecule has 0 radical (unpaired) electrons. The third-order valence-corrected chi connectivity index (χ3v) is 5.21. The van der Waals surface area contributed by atoms with Crippen LogP contribution in [0.25, 0.3) is 21.9 Å². The summed E-state index contributed by atoms with van der Waals surface area (Å²) in [7, 11) is 0. The number of rotatable bonds is 1. The van der Waals surface area contributed by atoms with E-state index in [1.54, 1.807) is 0 Å². The highest BCUT2D eigenvalue weighted by Crippen LogP contribution is 2.52. The normalized spacial score (nSPS) is 15.1. The predicted octanol–water partition coefficient (Wildman–Crippen LogP) is 6.27. The van der Waals surface area contributed by atoms with E-state index in [0.29, 0.717) is 5.92 Å². The third kappa shape index (κ3) is 1.64. The topological polar surface area (TPSA) is 0 Å². The first-order valence-corrected chi connectivity index (χ1v) is 8.18. The van der Waals surface area contributed by atoms with Crippen molar-refractivity contribution < 1.29 is 0 Å². The molecule has 0 fully saturated rings. The van der Waals surface area contributed by atoms with Gasteiger partial charge in [-0.15, -0.1) is 0 Å². The summed E-state index contributed by atoms with van der Waals surface area (Å²) in [5.41, 5.74) is 7.44. The second kappa shape index (κ2) is 4.46. The molecule has 0 aliphatic heterocycles. The minimum Gasteiger partial charge on any atom is -0.0619 e. The van der Waals surface area contributed by atoms with Crippen LogP contribution < -0.4 is 0 Å². The Morgan fingerprint density at radius 2 is 1.50 bits per heavy atom. The van der Waals surface area contributed by atoms with Crippen molar-refractivity contribution >= 4 is 10.8 Å². The summed E-state index contributed by atoms with van der Waals surface area (Å²) >= 11 is 0. The van der Waals surface area contributed by atoms with E-state index in [4.69, 9.17) is 0 Å². The van der Waals surface area contributed by atoms with Gasteiger partial charge < -0.3 is 0 Å². The number of hydrogen-bond acceptors (Lipinski definition) is 0. The lowest BCUT2D eigenvalue weighted by molar-refractivity contribution is 0.660. The van der Waals surface area contributed by atoms with Crippen molar-refractivity contribution in [3.8, 4) is 11.1 Å². The fraction of sp³-hybridized carbons (Fsp3) is 0.273. The van der Waals surface area contributed by atoms with Gasteiger partial charge in [0.05, 0.1) is 0 Å². The Morgan fingerprint density at radius 3 is 2.27 bits per heavy atom. The average molecular weight is 286 g/mol. The minimum absolute atomic E-state index is 0.0829. The van der Waals surface area contributed by atoms with Gasteiger partial charge in [0.2, 0.25) is 0 Å². The molecule has 3 aromatic rings. The molecule has 0 heterocycles. The van der Waals surface area contributed by atoms with E-state index in [-0.39, 0.29) is 5.41 Å². The summed E-state index contributed by atoms with van der Waals surface area (Å²) in [5.74, 6) is 0.516. The minimum atomic E-state index is 0.0829. The van der Waals surface area contributed by atoms with Gasteiger partial charge in [-0.2, -0.15) is 0 Å². The van der Waals surface area contributed by atoms with Crippen molar-refractivity contribution in [2.24, 2.45) is 0 Å². The van der Waals surface area contributed by atoms with Crippen LogP contribution >= 0.6 is 0 Å². The summed E-state index contributed by atoms with van der Waals surface area (Å²) in [6, 6.07) is 20.2. The highest BCUT2D eigenvalue weighted by molar-refractivity contribution is 5.97. The molecular weight excluding hydrogens is 264 g/mol. The van der Waals surface area contributed by atoms with Gasteiger partial charge in [-0.05, 0) is 50.6 Å². The molecule has 0 saturated heterocycles. The molecule has 0 bridgehead atoms. The van der Waals surface area contributed by atoms with E-state index in [1.807, 2.05) is 0 Å². The molecule has 3 aromatic carbocycles. The molecule has 1 aliphatic rings. The lowest BCUT2D eigenvalue weighted by Gasteiger charge is -2.23. The Kier molecular flexibility index (Phi) is 2.75. The van der Waals surface area contributed by atoms with Crippen molar-refractivity contribution in [3.05, 3.63) is 71.3 Å². The fourth-order valence-corrected chi connectivity index (χ4v) is 4.15. The molecule has 22 heavy (non-hydrogen) atoms. The maximum atomic E-state index is 2.41. The zero-order chi connectivity index (χ0) is 15.5. The molecule has 0 heteroatoms. The third-order valence-electron chi connectivity index (χ3n) is 5.21. The van der Waals surface area contributed by atoms with Crippen molar-refractivity contribution in [3.63, 3.8) is 0 Å². The maximum absolute atomic E-state index is 2.41. The predicted molar refractivity (Wildman–Crippen MR) is 95.6 cm³/mol. The lowest BCUT2D eigenvalue weighted by atomic mass is 9.80. The molecule has 0 atom stereocenters. The average Bonchev–Trinajstić information content (AvgIpc) is 2.74. The highest BCUT2D eigenvalue weighted by Gasteiger charge is 2.37. The van der Waals surface area contributed by atoms with Gasteiger partial charge in [0, 0.05) is 5.41 Å². The summed E-state index contributed by atoms with van der Waals surface area (Å²) < 4.78 is 0. The summed E-state index contributed by atoms with van der Waals surface area (Å²) in [6.45, 7) is 9.35. The van der Waals surface area contributed by atoms with Crippen molar-refractivity contribution in [2.45, 2.75) is 39.0 Å². The number of hydrogen-bond donors (Lipinski definition) is 0. The summed E-state index contributed by atoms with van der Waals surface area (Å²) in [4.78, 5) is 0. The van der Waals surface area contributed by atoms with E-state index in [1.165, 1.54) is 38.6 Å². The molecule has 0 amide bonds. The molecule has 0 aromatic heterocycles. The Balaban J connectivity index is 2.23. The van der Waals surface area contributed by atoms with Crippen molar-refractivity contribution in [1.82, 2.24) is 0 Å². The van der Waals surface area contributed by atoms with Crippen LogP contribution in [0.1, 0.15) is 50.3 Å². The summed E-state index contributed by atoms with van der Waals surface area (Å²) in [5, 5.41) is 2.77. The van der Waals surface area contributed by atoms with Crippen molar-refractivity contribution in [1.29, 1.82) is 0 Å². The van der Waals surface area contributed by atoms with Crippen LogP contribution in [0.3, 0.4) is 0 Å². The van der Waals surface area contributed by atoms with Crippen LogP contribution in [-0.2, 0) is 5.41 Å². The van der Waals surface area contributed by atoms with Crippen LogP contribution in [0.2, 0.25) is 0 Å². The van der Waals surface area contributed by atoms with Crippen LogP contribution in [0.4, 0.5) is 0 Å². The van der Waals surface area contributed by atoms with Crippen molar-refractivity contribution in [2.75, 3.05) is 0 Å². The first kappa shape index (κ1) is 13.6. The van der Waals surface area contributed by atoms with Crippen LogP contribution in [-0.4, -0.2) is 0 Å². The molecule has 0 unspecified atom stereocenters. The van der Waals surface area contributed by atoms with Gasteiger partial charge in [0.15, 0.2) is 0 Å². The zero-order valence-corrected chi connectivity index (χ0v) is 13.8. The van der Waals surface area contributed by atoms with Gasteiger partial charge >= 0.3 is 0 Å². The monoisotopic (exact) mass is 286 g/mol. The molecule has 4 rings (SSSR count). The quantitative estimate of drug-likeness (QED) is 0.494. The second-order valence-electron chi connectivity index (χ2n) is 7.26. The lowest BCUT2D eigenvalue weighted by Crippen LogP contribution is -2.15. The van der Waals surface area contributed by atoms with E-state index in [0.717, 1.165) is 0 Å². The number of benzene rings is 3. The van der Waals surface area contributed by atoms with Gasteiger partial charge in [0.1, 0.15) is 0 Å². The molecule has 1 aliphatic carbocycles. The molecule has 0 spiro atoms. The fourth-order valence-electron chi connectivity index (χ4n) is 4.15. The van der Waals surface area contributed by atoms with Crippen LogP contribution in [0, 0.1) is 0 Å². The van der Waals surface area contributed by atoms with Gasteiger partial charge in [-0.3, -0.25) is 0 Å². The van der Waals surface area contributed by atoms with E-state index in [9.17, 15) is 0 Å². The second-order valence-corrected chi connectivity index (χ2v) is 7.26. The molecule has 110 valence electrons. The SMILES string of the molecule is CC(C)c1c2c(cc3ccccc13)C(C)(C)c1ccccc1-2. The summed E-state index contributed by atoms with van der Waals surface area (Å²) in [6.07, 6.45) is 0. The zero-order valence-electron chi connectivity index (χ0n) is 13.8. The Morgan fingerprint density at radius 1 is 0.818 bits per heavy atom. The Labute approximate surface area is 132 Å². The first-order valence-electron chi connectivity index (χ1n) is 8.18. The molecule has 0 N–H and O–H groups in total. The largest absolute Gasteiger partial charge is 0.0619 e. The van der Waals surface area contributed by atoms with Crippen LogP contribution in [0.5, 0.6) is 0 Å². The van der Waals surface area contributed by atoms with Gasteiger partial charge in [-0.1, -0.05) is 76.2 Å². The van der Waals surface area contributed by atoms with Gasteiger partial charge in [0.25, 0.3) is 0 Å². The Bertz CT molecular complexity index is 882. The van der Waals surface area contributed by atoms with Crippen LogP contribution in [0.15, 0.2) is 54.6 Å². The van der Waals surface area contributed by atoms with Gasteiger partial charge in [-0.25, -0.2) is 0 Å². The maximum Gasteiger partial charge on any atom is 0.0159 e. The smallest absolute Gasteiger partial charge is 0.0159 e. The standard InChI is InChI=1S/C22H22/c1-14(2)20-16-10-6-5-9-15(16)13-19-21(20)17-11-7-8-12-18(17)22(19,3)4/h5-14H,1-4H3. The highest BCUT2D eigenvalue weighted by atomic mass is 14.4. The Hall–Kier alpha value is -2.08. The first-order chi connectivity index (χ1) is 10.5.